The van der Waals surface area contributed by atoms with Crippen LogP contribution in [0.2, 0.25) is 0 Å². The Labute approximate surface area is 89.2 Å². The summed E-state index contributed by atoms with van der Waals surface area (Å²) < 4.78 is 10.4. The van der Waals surface area contributed by atoms with Crippen molar-refractivity contribution < 1.29 is 9.26 Å². The Balaban J connectivity index is 1.70. The van der Waals surface area contributed by atoms with E-state index in [0.717, 1.165) is 25.4 Å². The summed E-state index contributed by atoms with van der Waals surface area (Å²) in [6.07, 6.45) is 1.50. The van der Waals surface area contributed by atoms with Crippen LogP contribution in [0.15, 0.2) is 4.52 Å². The van der Waals surface area contributed by atoms with Crippen LogP contribution in [0.1, 0.15) is 25.1 Å². The van der Waals surface area contributed by atoms with E-state index in [1.54, 1.807) is 6.92 Å². The monoisotopic (exact) mass is 211 g/mol. The van der Waals surface area contributed by atoms with Crippen LogP contribution in [-0.4, -0.2) is 29.4 Å². The van der Waals surface area contributed by atoms with Gasteiger partial charge in [0, 0.05) is 20.1 Å². The van der Waals surface area contributed by atoms with Gasteiger partial charge < -0.3 is 14.6 Å². The molecule has 0 spiro atoms. The fourth-order valence-electron chi connectivity index (χ4n) is 1.83. The van der Waals surface area contributed by atoms with Crippen LogP contribution in [0.5, 0.6) is 0 Å². The smallest absolute Gasteiger partial charge is 0.223 e. The Hall–Kier alpha value is -0.940. The van der Waals surface area contributed by atoms with Gasteiger partial charge in [0.05, 0.1) is 12.6 Å². The third-order valence-electron chi connectivity index (χ3n) is 2.79. The van der Waals surface area contributed by atoms with Crippen LogP contribution in [0.25, 0.3) is 0 Å². The highest BCUT2D eigenvalue weighted by Gasteiger charge is 2.23. The summed E-state index contributed by atoms with van der Waals surface area (Å²) in [4.78, 5) is 4.12. The van der Waals surface area contributed by atoms with Gasteiger partial charge in [-0.05, 0) is 19.3 Å². The summed E-state index contributed by atoms with van der Waals surface area (Å²) in [5, 5.41) is 7.14. The molecule has 1 aromatic heterocycles. The van der Waals surface area contributed by atoms with Gasteiger partial charge in [-0.1, -0.05) is 5.16 Å². The lowest BCUT2D eigenvalue weighted by molar-refractivity contribution is 0.105. The third kappa shape index (κ3) is 2.76. The molecule has 84 valence electrons. The molecular weight excluding hydrogens is 194 g/mol. The second-order valence-corrected chi connectivity index (χ2v) is 3.99. The summed E-state index contributed by atoms with van der Waals surface area (Å²) in [6, 6.07) is 0. The number of hydrogen-bond acceptors (Lipinski definition) is 5. The zero-order valence-corrected chi connectivity index (χ0v) is 9.19. The van der Waals surface area contributed by atoms with Gasteiger partial charge in [0.1, 0.15) is 0 Å². The molecule has 1 aliphatic rings. The average Bonchev–Trinajstić information content (AvgIpc) is 2.77. The molecule has 1 saturated heterocycles. The van der Waals surface area contributed by atoms with Crippen LogP contribution in [0.3, 0.4) is 0 Å². The minimum absolute atomic E-state index is 0.365. The molecule has 5 heteroatoms. The first-order valence-electron chi connectivity index (χ1n) is 5.37. The molecule has 1 aliphatic heterocycles. The predicted molar refractivity (Wildman–Crippen MR) is 54.3 cm³/mol. The number of rotatable bonds is 4. The molecule has 0 aromatic carbocycles. The van der Waals surface area contributed by atoms with Crippen LogP contribution in [-0.2, 0) is 11.3 Å². The van der Waals surface area contributed by atoms with E-state index in [1.807, 2.05) is 0 Å². The first-order valence-corrected chi connectivity index (χ1v) is 5.37. The minimum Gasteiger partial charge on any atom is -0.378 e. The fourth-order valence-corrected chi connectivity index (χ4v) is 1.83. The largest absolute Gasteiger partial charge is 0.378 e. The van der Waals surface area contributed by atoms with E-state index in [9.17, 15) is 0 Å². The molecule has 0 amide bonds. The summed E-state index contributed by atoms with van der Waals surface area (Å²) in [7, 11) is 0. The van der Waals surface area contributed by atoms with Crippen molar-refractivity contribution in [2.75, 3.05) is 13.2 Å². The predicted octanol–water partition coefficient (Wildman–Crippen LogP) is 0.893. The molecule has 2 atom stereocenters. The summed E-state index contributed by atoms with van der Waals surface area (Å²) in [5.74, 6) is 1.95. The first-order chi connectivity index (χ1) is 7.25. The molecule has 1 fully saturated rings. The minimum atomic E-state index is 0.365. The third-order valence-corrected chi connectivity index (χ3v) is 2.79. The Morgan fingerprint density at radius 3 is 3.00 bits per heavy atom. The highest BCUT2D eigenvalue weighted by Crippen LogP contribution is 2.19. The summed E-state index contributed by atoms with van der Waals surface area (Å²) in [6.45, 7) is 6.42. The van der Waals surface area contributed by atoms with Crippen molar-refractivity contribution in [3.63, 3.8) is 0 Å². The molecular formula is C10H17N3O2. The van der Waals surface area contributed by atoms with Crippen molar-refractivity contribution in [2.45, 2.75) is 32.9 Å². The topological polar surface area (TPSA) is 60.2 Å². The molecule has 0 aliphatic carbocycles. The Kier molecular flexibility index (Phi) is 3.33. The molecule has 1 N–H and O–H groups in total. The quantitative estimate of drug-likeness (QED) is 0.801. The van der Waals surface area contributed by atoms with E-state index in [2.05, 4.69) is 22.4 Å². The summed E-state index contributed by atoms with van der Waals surface area (Å²) in [5.41, 5.74) is 0. The van der Waals surface area contributed by atoms with E-state index in [0.29, 0.717) is 24.5 Å². The fraction of sp³-hybridized carbons (Fsp3) is 0.800. The maximum Gasteiger partial charge on any atom is 0.223 e. The molecule has 0 bridgehead atoms. The van der Waals surface area contributed by atoms with Gasteiger partial charge in [-0.15, -0.1) is 0 Å². The molecule has 0 saturated carbocycles. The normalized spacial score (nSPS) is 26.0. The van der Waals surface area contributed by atoms with Crippen molar-refractivity contribution in [1.82, 2.24) is 15.5 Å². The van der Waals surface area contributed by atoms with Gasteiger partial charge in [0.2, 0.25) is 5.89 Å². The lowest BCUT2D eigenvalue weighted by Crippen LogP contribution is -2.27. The Morgan fingerprint density at radius 1 is 1.53 bits per heavy atom. The van der Waals surface area contributed by atoms with Crippen LogP contribution in [0, 0.1) is 12.8 Å². The van der Waals surface area contributed by atoms with Crippen LogP contribution in [0.4, 0.5) is 0 Å². The van der Waals surface area contributed by atoms with Gasteiger partial charge in [-0.3, -0.25) is 0 Å². The number of nitrogens with zero attached hydrogens (tertiary/aromatic N) is 2. The van der Waals surface area contributed by atoms with Gasteiger partial charge in [0.25, 0.3) is 0 Å². The Bertz CT molecular complexity index is 313. The zero-order chi connectivity index (χ0) is 10.7. The zero-order valence-electron chi connectivity index (χ0n) is 9.19. The number of nitrogens with one attached hydrogen (secondary N) is 1. The van der Waals surface area contributed by atoms with Gasteiger partial charge in [0.15, 0.2) is 5.82 Å². The van der Waals surface area contributed by atoms with Crippen molar-refractivity contribution >= 4 is 0 Å². The molecule has 15 heavy (non-hydrogen) atoms. The SMILES string of the molecule is Cc1nc(CNCC2CCOC2C)no1. The lowest BCUT2D eigenvalue weighted by atomic mass is 10.0. The van der Waals surface area contributed by atoms with Crippen molar-refractivity contribution in [3.05, 3.63) is 11.7 Å². The highest BCUT2D eigenvalue weighted by molar-refractivity contribution is 4.83. The number of aromatic nitrogens is 2. The average molecular weight is 211 g/mol. The van der Waals surface area contributed by atoms with E-state index >= 15 is 0 Å². The maximum absolute atomic E-state index is 5.48. The molecule has 0 radical (unpaired) electrons. The van der Waals surface area contributed by atoms with Crippen molar-refractivity contribution in [2.24, 2.45) is 5.92 Å². The van der Waals surface area contributed by atoms with E-state index in [-0.39, 0.29) is 0 Å². The maximum atomic E-state index is 5.48. The van der Waals surface area contributed by atoms with Gasteiger partial charge >= 0.3 is 0 Å². The molecule has 2 heterocycles. The standard InChI is InChI=1S/C10H17N3O2/c1-7-9(3-4-14-7)5-11-6-10-12-8(2)15-13-10/h7,9,11H,3-6H2,1-2H3. The molecule has 2 unspecified atom stereocenters. The second-order valence-electron chi connectivity index (χ2n) is 3.99. The molecule has 5 nitrogen and oxygen atoms in total. The van der Waals surface area contributed by atoms with E-state index in [1.165, 1.54) is 0 Å². The van der Waals surface area contributed by atoms with E-state index in [4.69, 9.17) is 9.26 Å². The van der Waals surface area contributed by atoms with E-state index < -0.39 is 0 Å². The van der Waals surface area contributed by atoms with Crippen molar-refractivity contribution in [3.8, 4) is 0 Å². The van der Waals surface area contributed by atoms with Crippen LogP contribution >= 0.6 is 0 Å². The van der Waals surface area contributed by atoms with Gasteiger partial charge in [-0.25, -0.2) is 0 Å². The molecule has 1 aromatic rings. The second kappa shape index (κ2) is 4.72. The summed E-state index contributed by atoms with van der Waals surface area (Å²) >= 11 is 0. The molecule has 2 rings (SSSR count). The Morgan fingerprint density at radius 2 is 2.40 bits per heavy atom. The number of ether oxygens (including phenoxy) is 1. The number of hydrogen-bond donors (Lipinski definition) is 1. The highest BCUT2D eigenvalue weighted by atomic mass is 16.5. The number of aryl methyl sites for hydroxylation is 1. The van der Waals surface area contributed by atoms with Crippen LogP contribution < -0.4 is 5.32 Å². The van der Waals surface area contributed by atoms with Gasteiger partial charge in [-0.2, -0.15) is 4.98 Å². The lowest BCUT2D eigenvalue weighted by Gasteiger charge is -2.13. The first kappa shape index (κ1) is 10.6. The van der Waals surface area contributed by atoms with Crippen molar-refractivity contribution in [1.29, 1.82) is 0 Å².